The fourth-order valence-corrected chi connectivity index (χ4v) is 3.10. The zero-order valence-electron chi connectivity index (χ0n) is 13.6. The van der Waals surface area contributed by atoms with Gasteiger partial charge in [0.05, 0.1) is 5.56 Å². The summed E-state index contributed by atoms with van der Waals surface area (Å²) in [5.74, 6) is -0.207. The molecule has 5 nitrogen and oxygen atoms in total. The van der Waals surface area contributed by atoms with Gasteiger partial charge in [0.25, 0.3) is 5.91 Å². The Morgan fingerprint density at radius 3 is 2.42 bits per heavy atom. The second-order valence-corrected chi connectivity index (χ2v) is 6.94. The number of piperazine rings is 1. The number of nitrogens with two attached hydrogens (primary N) is 1. The van der Waals surface area contributed by atoms with Crippen molar-refractivity contribution < 1.29 is 4.79 Å². The highest BCUT2D eigenvalue weighted by Crippen LogP contribution is 2.22. The molecule has 1 fully saturated rings. The lowest BCUT2D eigenvalue weighted by Gasteiger charge is -2.34. The molecule has 3 rings (SSSR count). The van der Waals surface area contributed by atoms with Crippen LogP contribution in [-0.4, -0.2) is 44.0 Å². The average molecular weight is 389 g/mol. The van der Waals surface area contributed by atoms with Gasteiger partial charge in [-0.25, -0.2) is 0 Å². The Hall–Kier alpha value is -2.05. The predicted octanol–water partition coefficient (Wildman–Crippen LogP) is 3.04. The van der Waals surface area contributed by atoms with Crippen molar-refractivity contribution in [2.24, 2.45) is 0 Å². The van der Waals surface area contributed by atoms with Crippen LogP contribution in [0.2, 0.25) is 0 Å². The van der Waals surface area contributed by atoms with Crippen LogP contribution in [0.5, 0.6) is 0 Å². The Kier molecular flexibility index (Phi) is 5.06. The normalized spacial score (nSPS) is 15.3. The molecule has 0 aliphatic carbocycles. The van der Waals surface area contributed by atoms with Crippen molar-refractivity contribution in [3.8, 4) is 0 Å². The third-order valence-corrected chi connectivity index (χ3v) is 4.75. The van der Waals surface area contributed by atoms with E-state index in [0.717, 1.165) is 36.3 Å². The van der Waals surface area contributed by atoms with Gasteiger partial charge in [-0.3, -0.25) is 4.79 Å². The number of carbonyl (C=O) groups excluding carboxylic acids is 1. The van der Waals surface area contributed by atoms with E-state index < -0.39 is 0 Å². The molecule has 0 unspecified atom stereocenters. The molecule has 1 heterocycles. The summed E-state index contributed by atoms with van der Waals surface area (Å²) in [5.41, 5.74) is 8.76. The topological polar surface area (TPSA) is 61.6 Å². The van der Waals surface area contributed by atoms with Gasteiger partial charge in [0, 0.05) is 47.7 Å². The molecule has 1 aliphatic heterocycles. The highest BCUT2D eigenvalue weighted by molar-refractivity contribution is 9.10. The first kappa shape index (κ1) is 16.8. The number of hydrogen-bond acceptors (Lipinski definition) is 4. The molecule has 126 valence electrons. The van der Waals surface area contributed by atoms with E-state index in [2.05, 4.69) is 38.1 Å². The number of rotatable bonds is 3. The number of halogens is 1. The minimum Gasteiger partial charge on any atom is -0.398 e. The standard InChI is InChI=1S/C18H21BrN4O/c1-22-8-10-23(11-9-22)15-5-3-14(4-6-15)21-18(24)16-12-13(19)2-7-17(16)20/h2-7,12H,8-11,20H2,1H3,(H,21,24). The number of benzene rings is 2. The Bertz CT molecular complexity index is 724. The zero-order chi connectivity index (χ0) is 17.1. The molecule has 0 spiro atoms. The Morgan fingerprint density at radius 1 is 1.08 bits per heavy atom. The molecule has 1 saturated heterocycles. The van der Waals surface area contributed by atoms with E-state index in [1.807, 2.05) is 30.3 Å². The Labute approximate surface area is 150 Å². The molecule has 1 amide bonds. The van der Waals surface area contributed by atoms with E-state index in [4.69, 9.17) is 5.73 Å². The van der Waals surface area contributed by atoms with Crippen molar-refractivity contribution in [3.63, 3.8) is 0 Å². The third kappa shape index (κ3) is 3.88. The third-order valence-electron chi connectivity index (χ3n) is 4.25. The van der Waals surface area contributed by atoms with Gasteiger partial charge in [0.1, 0.15) is 0 Å². The summed E-state index contributed by atoms with van der Waals surface area (Å²) in [6, 6.07) is 13.2. The highest BCUT2D eigenvalue weighted by atomic mass is 79.9. The van der Waals surface area contributed by atoms with E-state index in [0.29, 0.717) is 11.3 Å². The number of anilines is 3. The molecule has 2 aromatic rings. The van der Waals surface area contributed by atoms with Crippen LogP contribution in [0.3, 0.4) is 0 Å². The minimum atomic E-state index is -0.207. The van der Waals surface area contributed by atoms with Gasteiger partial charge >= 0.3 is 0 Å². The lowest BCUT2D eigenvalue weighted by Crippen LogP contribution is -2.44. The van der Waals surface area contributed by atoms with Crippen LogP contribution in [0.15, 0.2) is 46.9 Å². The van der Waals surface area contributed by atoms with Crippen LogP contribution in [0.4, 0.5) is 17.1 Å². The molecular weight excluding hydrogens is 368 g/mol. The average Bonchev–Trinajstić information content (AvgIpc) is 2.58. The predicted molar refractivity (Wildman–Crippen MR) is 103 cm³/mol. The smallest absolute Gasteiger partial charge is 0.257 e. The molecule has 0 saturated carbocycles. The number of hydrogen-bond donors (Lipinski definition) is 2. The highest BCUT2D eigenvalue weighted by Gasteiger charge is 2.15. The van der Waals surface area contributed by atoms with Gasteiger partial charge in [0.2, 0.25) is 0 Å². The maximum atomic E-state index is 12.4. The molecule has 6 heteroatoms. The number of nitrogen functional groups attached to an aromatic ring is 1. The van der Waals surface area contributed by atoms with Gasteiger partial charge in [0.15, 0.2) is 0 Å². The molecule has 1 aliphatic rings. The van der Waals surface area contributed by atoms with Gasteiger partial charge < -0.3 is 20.9 Å². The molecule has 2 aromatic carbocycles. The quantitative estimate of drug-likeness (QED) is 0.793. The number of likely N-dealkylation sites (N-methyl/N-ethyl adjacent to an activating group) is 1. The van der Waals surface area contributed by atoms with Crippen LogP contribution in [0, 0.1) is 0 Å². The molecule has 24 heavy (non-hydrogen) atoms. The van der Waals surface area contributed by atoms with Gasteiger partial charge in [-0.15, -0.1) is 0 Å². The van der Waals surface area contributed by atoms with E-state index in [9.17, 15) is 4.79 Å². The summed E-state index contributed by atoms with van der Waals surface area (Å²) >= 11 is 3.36. The van der Waals surface area contributed by atoms with E-state index in [-0.39, 0.29) is 5.91 Å². The van der Waals surface area contributed by atoms with Crippen molar-refractivity contribution in [2.75, 3.05) is 49.2 Å². The Morgan fingerprint density at radius 2 is 1.75 bits per heavy atom. The van der Waals surface area contributed by atoms with Gasteiger partial charge in [-0.05, 0) is 49.5 Å². The SMILES string of the molecule is CN1CCN(c2ccc(NC(=O)c3cc(Br)ccc3N)cc2)CC1. The summed E-state index contributed by atoms with van der Waals surface area (Å²) in [5, 5.41) is 2.90. The van der Waals surface area contributed by atoms with E-state index >= 15 is 0 Å². The second kappa shape index (κ2) is 7.23. The number of amides is 1. The van der Waals surface area contributed by atoms with Crippen LogP contribution in [0.25, 0.3) is 0 Å². The number of nitrogens with zero attached hydrogens (tertiary/aromatic N) is 2. The zero-order valence-corrected chi connectivity index (χ0v) is 15.2. The van der Waals surface area contributed by atoms with Crippen molar-refractivity contribution in [1.29, 1.82) is 0 Å². The molecule has 0 radical (unpaired) electrons. The van der Waals surface area contributed by atoms with Gasteiger partial charge in [-0.1, -0.05) is 15.9 Å². The first-order valence-corrected chi connectivity index (χ1v) is 8.72. The monoisotopic (exact) mass is 388 g/mol. The number of nitrogens with one attached hydrogen (secondary N) is 1. The summed E-state index contributed by atoms with van der Waals surface area (Å²) in [7, 11) is 2.14. The number of carbonyl (C=O) groups is 1. The molecule has 0 aromatic heterocycles. The van der Waals surface area contributed by atoms with Crippen molar-refractivity contribution in [3.05, 3.63) is 52.5 Å². The first-order chi connectivity index (χ1) is 11.5. The maximum absolute atomic E-state index is 12.4. The lowest BCUT2D eigenvalue weighted by atomic mass is 10.1. The molecule has 0 bridgehead atoms. The molecule has 0 atom stereocenters. The Balaban J connectivity index is 1.68. The fourth-order valence-electron chi connectivity index (χ4n) is 2.74. The molecular formula is C18H21BrN4O. The fraction of sp³-hybridized carbons (Fsp3) is 0.278. The van der Waals surface area contributed by atoms with Crippen LogP contribution < -0.4 is 16.0 Å². The van der Waals surface area contributed by atoms with Crippen molar-refractivity contribution in [2.45, 2.75) is 0 Å². The van der Waals surface area contributed by atoms with Crippen LogP contribution in [0.1, 0.15) is 10.4 Å². The second-order valence-electron chi connectivity index (χ2n) is 6.02. The van der Waals surface area contributed by atoms with Crippen LogP contribution in [-0.2, 0) is 0 Å². The molecule has 3 N–H and O–H groups in total. The summed E-state index contributed by atoms with van der Waals surface area (Å²) < 4.78 is 0.826. The van der Waals surface area contributed by atoms with E-state index in [1.54, 1.807) is 12.1 Å². The summed E-state index contributed by atoms with van der Waals surface area (Å²) in [6.07, 6.45) is 0. The maximum Gasteiger partial charge on any atom is 0.257 e. The first-order valence-electron chi connectivity index (χ1n) is 7.93. The lowest BCUT2D eigenvalue weighted by molar-refractivity contribution is 0.102. The summed E-state index contributed by atoms with van der Waals surface area (Å²) in [6.45, 7) is 4.19. The largest absolute Gasteiger partial charge is 0.398 e. The minimum absolute atomic E-state index is 0.207. The van der Waals surface area contributed by atoms with E-state index in [1.165, 1.54) is 5.69 Å². The van der Waals surface area contributed by atoms with Crippen molar-refractivity contribution >= 4 is 38.9 Å². The summed E-state index contributed by atoms with van der Waals surface area (Å²) in [4.78, 5) is 17.1. The van der Waals surface area contributed by atoms with Crippen LogP contribution >= 0.6 is 15.9 Å². The van der Waals surface area contributed by atoms with Gasteiger partial charge in [-0.2, -0.15) is 0 Å². The van der Waals surface area contributed by atoms with Crippen molar-refractivity contribution in [1.82, 2.24) is 4.90 Å².